The van der Waals surface area contributed by atoms with Crippen LogP contribution in [0.15, 0.2) is 12.2 Å². The molecule has 78 heavy (non-hydrogen) atoms. The van der Waals surface area contributed by atoms with Crippen LogP contribution in [0, 0.1) is 0 Å². The molecule has 0 spiro atoms. The van der Waals surface area contributed by atoms with Gasteiger partial charge in [0.15, 0.2) is 0 Å². The first kappa shape index (κ1) is 77.2. The molecule has 0 aliphatic rings. The molecule has 0 aromatic rings. The Bertz CT molecular complexity index is 1280. The first-order chi connectivity index (χ1) is 38.0. The molecule has 1 amide bonds. The number of phosphoric acid groups is 1. The fourth-order valence-electron chi connectivity index (χ4n) is 11.0. The van der Waals surface area contributed by atoms with E-state index in [1.165, 1.54) is 321 Å². The smallest absolute Gasteiger partial charge is 0.387 e. The Labute approximate surface area is 488 Å². The highest BCUT2D eigenvalue weighted by molar-refractivity contribution is 7.47. The average Bonchev–Trinajstić information content (AvgIpc) is 3.41. The maximum Gasteiger partial charge on any atom is 0.472 e. The number of hydrogen-bond donors (Lipinski definition) is 3. The van der Waals surface area contributed by atoms with Gasteiger partial charge in [0.1, 0.15) is 13.2 Å². The summed E-state index contributed by atoms with van der Waals surface area (Å²) >= 11 is 0. The molecular formula is C69H140N2O6P+. The quantitative estimate of drug-likeness (QED) is 0.0243. The third kappa shape index (κ3) is 62.8. The number of carbonyl (C=O) groups excluding carboxylic acids is 1. The van der Waals surface area contributed by atoms with Gasteiger partial charge in [-0.15, -0.1) is 0 Å². The minimum absolute atomic E-state index is 0.0654. The van der Waals surface area contributed by atoms with Gasteiger partial charge >= 0.3 is 7.82 Å². The molecule has 0 bridgehead atoms. The van der Waals surface area contributed by atoms with E-state index in [2.05, 4.69) is 19.2 Å². The van der Waals surface area contributed by atoms with Crippen LogP contribution < -0.4 is 5.32 Å². The molecular weight excluding hydrogens is 984 g/mol. The zero-order valence-electron chi connectivity index (χ0n) is 53.5. The number of carbonyl (C=O) groups is 1. The van der Waals surface area contributed by atoms with Crippen LogP contribution >= 0.6 is 7.82 Å². The van der Waals surface area contributed by atoms with Crippen molar-refractivity contribution in [1.82, 2.24) is 5.32 Å². The van der Waals surface area contributed by atoms with Crippen LogP contribution in [0.4, 0.5) is 0 Å². The number of unbranched alkanes of at least 4 members (excludes halogenated alkanes) is 53. The number of aliphatic hydroxyl groups is 1. The monoisotopic (exact) mass is 1120 g/mol. The summed E-state index contributed by atoms with van der Waals surface area (Å²) in [6.45, 7) is 4.88. The zero-order valence-corrected chi connectivity index (χ0v) is 54.3. The minimum atomic E-state index is -4.35. The lowest BCUT2D eigenvalue weighted by Crippen LogP contribution is -2.45. The fraction of sp³-hybridized carbons (Fsp3) is 0.957. The van der Waals surface area contributed by atoms with Gasteiger partial charge in [0.25, 0.3) is 0 Å². The van der Waals surface area contributed by atoms with Gasteiger partial charge in [-0.25, -0.2) is 4.57 Å². The zero-order chi connectivity index (χ0) is 57.0. The second kappa shape index (κ2) is 60.8. The van der Waals surface area contributed by atoms with E-state index in [0.29, 0.717) is 17.4 Å². The molecule has 3 unspecified atom stereocenters. The standard InChI is InChI=1S/C69H139N2O6P/c1-6-8-10-12-14-16-18-20-22-24-26-28-29-30-31-32-33-34-35-36-37-38-39-40-41-42-43-45-47-49-51-53-55-57-59-61-63-69(73)70-67(66-77-78(74,75)76-65-64-71(3,4)5)68(72)62-60-58-56-54-52-50-48-46-44-27-25-23-21-19-17-15-13-11-9-7-2/h60,62,67-68,72H,6-59,61,63-66H2,1-5H3,(H-,70,73,74,75)/p+1/b62-60+. The maximum atomic E-state index is 13.0. The van der Waals surface area contributed by atoms with Gasteiger partial charge in [0.05, 0.1) is 39.9 Å². The van der Waals surface area contributed by atoms with Crippen LogP contribution in [0.2, 0.25) is 0 Å². The van der Waals surface area contributed by atoms with Gasteiger partial charge in [-0.1, -0.05) is 360 Å². The molecule has 0 fully saturated rings. The van der Waals surface area contributed by atoms with Gasteiger partial charge in [-0.2, -0.15) is 0 Å². The number of nitrogens with one attached hydrogen (secondary N) is 1. The maximum absolute atomic E-state index is 13.0. The van der Waals surface area contributed by atoms with Crippen molar-refractivity contribution in [2.45, 2.75) is 386 Å². The third-order valence-electron chi connectivity index (χ3n) is 16.5. The molecule has 0 aliphatic carbocycles. The van der Waals surface area contributed by atoms with Gasteiger partial charge in [-0.3, -0.25) is 13.8 Å². The van der Waals surface area contributed by atoms with Crippen LogP contribution in [0.3, 0.4) is 0 Å². The van der Waals surface area contributed by atoms with Crippen molar-refractivity contribution in [3.63, 3.8) is 0 Å². The van der Waals surface area contributed by atoms with E-state index in [9.17, 15) is 19.4 Å². The first-order valence-electron chi connectivity index (χ1n) is 35.1. The lowest BCUT2D eigenvalue weighted by molar-refractivity contribution is -0.870. The van der Waals surface area contributed by atoms with Gasteiger partial charge in [0, 0.05) is 6.42 Å². The van der Waals surface area contributed by atoms with Crippen molar-refractivity contribution in [1.29, 1.82) is 0 Å². The summed E-state index contributed by atoms with van der Waals surface area (Å²) in [5.41, 5.74) is 0. The lowest BCUT2D eigenvalue weighted by atomic mass is 10.0. The van der Waals surface area contributed by atoms with Crippen LogP contribution in [-0.4, -0.2) is 73.4 Å². The van der Waals surface area contributed by atoms with E-state index in [0.717, 1.165) is 32.1 Å². The Kier molecular flexibility index (Phi) is 60.2. The molecule has 0 saturated heterocycles. The summed E-state index contributed by atoms with van der Waals surface area (Å²) in [5, 5.41) is 14.0. The highest BCUT2D eigenvalue weighted by Crippen LogP contribution is 2.43. The Hall–Kier alpha value is -0.760. The van der Waals surface area contributed by atoms with Crippen molar-refractivity contribution in [3.8, 4) is 0 Å². The van der Waals surface area contributed by atoms with E-state index in [1.807, 2.05) is 27.2 Å². The van der Waals surface area contributed by atoms with Gasteiger partial charge in [0.2, 0.25) is 5.91 Å². The summed E-state index contributed by atoms with van der Waals surface area (Å²) in [5.74, 6) is -0.167. The number of nitrogens with zero attached hydrogens (tertiary/aromatic N) is 1. The summed E-state index contributed by atoms with van der Waals surface area (Å²) in [6, 6.07) is -0.843. The number of amides is 1. The third-order valence-corrected chi connectivity index (χ3v) is 17.5. The van der Waals surface area contributed by atoms with Crippen molar-refractivity contribution >= 4 is 13.7 Å². The number of hydrogen-bond acceptors (Lipinski definition) is 5. The van der Waals surface area contributed by atoms with Crippen LogP contribution in [-0.2, 0) is 18.4 Å². The van der Waals surface area contributed by atoms with Gasteiger partial charge in [-0.05, 0) is 19.3 Å². The van der Waals surface area contributed by atoms with Crippen molar-refractivity contribution in [2.75, 3.05) is 40.9 Å². The number of aliphatic hydroxyl groups excluding tert-OH is 1. The molecule has 466 valence electrons. The molecule has 0 aromatic heterocycles. The normalized spacial score (nSPS) is 13.7. The molecule has 0 saturated carbocycles. The Morgan fingerprint density at radius 2 is 0.679 bits per heavy atom. The Balaban J connectivity index is 3.94. The molecule has 0 radical (unpaired) electrons. The topological polar surface area (TPSA) is 105 Å². The molecule has 3 N–H and O–H groups in total. The van der Waals surface area contributed by atoms with Crippen LogP contribution in [0.1, 0.15) is 373 Å². The average molecular weight is 1120 g/mol. The van der Waals surface area contributed by atoms with E-state index in [4.69, 9.17) is 9.05 Å². The highest BCUT2D eigenvalue weighted by atomic mass is 31.2. The minimum Gasteiger partial charge on any atom is -0.387 e. The summed E-state index contributed by atoms with van der Waals surface area (Å²) in [4.78, 5) is 23.4. The second-order valence-electron chi connectivity index (χ2n) is 25.6. The molecule has 0 aliphatic heterocycles. The molecule has 0 heterocycles. The molecule has 3 atom stereocenters. The van der Waals surface area contributed by atoms with Crippen LogP contribution in [0.25, 0.3) is 0 Å². The van der Waals surface area contributed by atoms with E-state index < -0.39 is 20.0 Å². The van der Waals surface area contributed by atoms with E-state index >= 15 is 0 Å². The predicted molar refractivity (Wildman–Crippen MR) is 342 cm³/mol. The van der Waals surface area contributed by atoms with Crippen LogP contribution in [0.5, 0.6) is 0 Å². The SMILES string of the molecule is CCCCCCCCCCCCCCCCCCCC/C=C/C(O)C(COP(=O)(O)OCC[N+](C)(C)C)NC(=O)CCCCCCCCCCCCCCCCCCCCCCCCCCCCCCCCCCCCCC. The molecule has 8 nitrogen and oxygen atoms in total. The molecule has 0 rings (SSSR count). The first-order valence-corrected chi connectivity index (χ1v) is 36.6. The van der Waals surface area contributed by atoms with Gasteiger partial charge < -0.3 is 19.8 Å². The number of allylic oxidation sites excluding steroid dienone is 1. The summed E-state index contributed by atoms with van der Waals surface area (Å²) in [7, 11) is 1.59. The van der Waals surface area contributed by atoms with Crippen molar-refractivity contribution in [2.24, 2.45) is 0 Å². The van der Waals surface area contributed by atoms with E-state index in [1.54, 1.807) is 6.08 Å². The fourth-order valence-corrected chi connectivity index (χ4v) is 11.8. The summed E-state index contributed by atoms with van der Waals surface area (Å²) < 4.78 is 23.8. The highest BCUT2D eigenvalue weighted by Gasteiger charge is 2.28. The largest absolute Gasteiger partial charge is 0.472 e. The number of likely N-dealkylation sites (N-methyl/N-ethyl adjacent to an activating group) is 1. The lowest BCUT2D eigenvalue weighted by Gasteiger charge is -2.25. The molecule has 9 heteroatoms. The Morgan fingerprint density at radius 1 is 0.423 bits per heavy atom. The van der Waals surface area contributed by atoms with Crippen molar-refractivity contribution < 1.29 is 32.9 Å². The number of quaternary nitrogens is 1. The predicted octanol–water partition coefficient (Wildman–Crippen LogP) is 22.1. The number of rotatable bonds is 66. The molecule has 0 aromatic carbocycles. The Morgan fingerprint density at radius 3 is 0.949 bits per heavy atom. The number of phosphoric ester groups is 1. The van der Waals surface area contributed by atoms with E-state index in [-0.39, 0.29) is 19.1 Å². The van der Waals surface area contributed by atoms with Crippen molar-refractivity contribution in [3.05, 3.63) is 12.2 Å². The second-order valence-corrected chi connectivity index (χ2v) is 27.1. The summed E-state index contributed by atoms with van der Waals surface area (Å²) in [6.07, 6.45) is 78.0.